The van der Waals surface area contributed by atoms with Crippen molar-refractivity contribution < 1.29 is 59.6 Å². The van der Waals surface area contributed by atoms with Gasteiger partial charge in [0.25, 0.3) is 11.8 Å². The van der Waals surface area contributed by atoms with Crippen molar-refractivity contribution in [2.45, 2.75) is 149 Å². The van der Waals surface area contributed by atoms with E-state index in [1.165, 1.54) is 35.3 Å². The molecule has 2 spiro atoms. The van der Waals surface area contributed by atoms with E-state index in [1.54, 1.807) is 45.2 Å². The Morgan fingerprint density at radius 2 is 1.06 bits per heavy atom. The zero-order valence-electron chi connectivity index (χ0n) is 63.1. The second-order valence-electron chi connectivity index (χ2n) is 32.9. The predicted octanol–water partition coefficient (Wildman–Crippen LogP) is 10.0. The second kappa shape index (κ2) is 32.6. The normalized spacial score (nSPS) is 33.8. The highest BCUT2D eigenvalue weighted by atomic mass is 35.5. The van der Waals surface area contributed by atoms with Gasteiger partial charge in [-0.2, -0.15) is 0 Å². The molecule has 12 atom stereocenters. The van der Waals surface area contributed by atoms with Crippen molar-refractivity contribution in [2.24, 2.45) is 35.5 Å². The molecule has 4 saturated heterocycles. The van der Waals surface area contributed by atoms with Gasteiger partial charge in [0.05, 0.1) is 73.6 Å². The van der Waals surface area contributed by atoms with Crippen molar-refractivity contribution in [1.29, 1.82) is 0 Å². The summed E-state index contributed by atoms with van der Waals surface area (Å²) in [6.07, 6.45) is 19.7. The number of hydrogen-bond donors (Lipinski definition) is 3. The van der Waals surface area contributed by atoms with Crippen molar-refractivity contribution in [1.82, 2.24) is 29.5 Å². The minimum atomic E-state index is -3.97. The minimum absolute atomic E-state index is 0.0434. The highest BCUT2D eigenvalue weighted by Gasteiger charge is 2.53. The summed E-state index contributed by atoms with van der Waals surface area (Å²) < 4.78 is 95.0. The number of nitrogens with zero attached hydrogens (tertiary/aromatic N) is 5. The molecule has 8 aliphatic heterocycles. The average molecular weight is 1550 g/mol. The number of rotatable bonds is 7. The summed E-state index contributed by atoms with van der Waals surface area (Å²) in [5.41, 5.74) is 4.95. The topological polar surface area (TPSA) is 227 Å². The first-order valence-electron chi connectivity index (χ1n) is 39.2. The number of nitrogens with one attached hydrogen (secondary N) is 3. The fourth-order valence-corrected chi connectivity index (χ4v) is 22.0. The Balaban J connectivity index is 0.000000160. The van der Waals surface area contributed by atoms with Crippen LogP contribution in [0.1, 0.15) is 135 Å². The molecule has 0 radical (unpaired) electrons. The Hall–Kier alpha value is -5.67. The third-order valence-corrected chi connectivity index (χ3v) is 30.9. The maximum atomic E-state index is 13.7. The summed E-state index contributed by atoms with van der Waals surface area (Å²) in [5.74, 6) is 0.283. The molecule has 4 bridgehead atoms. The first kappa shape index (κ1) is 78.0. The Morgan fingerprint density at radius 3 is 1.50 bits per heavy atom. The summed E-state index contributed by atoms with van der Waals surface area (Å²) in [7, 11) is -4.51. The molecule has 21 nitrogen and oxygen atoms in total. The van der Waals surface area contributed by atoms with Gasteiger partial charge in [0.15, 0.2) is 6.29 Å². The molecule has 6 fully saturated rings. The molecular weight excluding hydrogens is 1440 g/mol. The zero-order valence-corrected chi connectivity index (χ0v) is 66.3. The van der Waals surface area contributed by atoms with Crippen LogP contribution in [0.25, 0.3) is 0 Å². The number of methoxy groups -OCH3 is 2. The van der Waals surface area contributed by atoms with Crippen LogP contribution >= 0.6 is 23.2 Å². The number of carbonyl (C=O) groups is 3. The third-order valence-electron chi connectivity index (χ3n) is 26.6. The van der Waals surface area contributed by atoms with Crippen molar-refractivity contribution in [3.63, 3.8) is 0 Å². The van der Waals surface area contributed by atoms with E-state index in [0.29, 0.717) is 73.2 Å². The van der Waals surface area contributed by atoms with Gasteiger partial charge in [-0.3, -0.25) is 29.1 Å². The number of fused-ring (bicyclic) bond motifs is 8. The smallest absolute Gasteiger partial charge is 0.264 e. The summed E-state index contributed by atoms with van der Waals surface area (Å²) in [5, 5.41) is 3.18. The SMILES string of the molecule is C1CN(C2COC2)CCN1.CO[C@]1(C=O)/C=C/C[C@H](C)[C@@H](C)S(=O)(=O)NC(=O)c2ccc3c(c2)N(C[C@@H]2CC[C@H]21)C[C@@]1(CCCc2cc(Cl)ccc21)CO3.CO[C@]1(CN2CCN(C3COC3)CC2)/C=C/C[C@H](C)[C@@H](C)S(=O)(=O)NC(=O)c2ccc3c(c2)N(C[C@@H]2CC[C@H]21)C[C@@]1(CCCc2cc(Cl)ccc21)CO3. The van der Waals surface area contributed by atoms with Gasteiger partial charge in [0, 0.05) is 137 Å². The highest BCUT2D eigenvalue weighted by molar-refractivity contribution is 7.91. The standard InChI is InChI=1S/C41H55ClN4O6S.C34H41ClN2O6S.C7H14N2O/c1-28-6-4-15-41(50-3,26-44-16-18-45(19-17-44)34-23-51-24-34)36-11-8-32(36)22-46-25-40(14-5-7-30-20-33(42)10-12-35(30)40)27-52-38-13-9-31(21-37(38)46)39(47)43-53(48,49)29(28)2;1-22-6-4-15-34(20-38,42-3)29-11-8-26(29)18-37-19-33(14-5-7-24-16-27(35)10-12-28(24)33)21-43-31-13-9-25(17-30(31)37)32(39)36-44(40,41)23(22)2;1-3-9(4-2-8-1)7-5-10-6-7/h4,9-10,12-13,15,20-21,28-29,32,34,36H,5-8,11,14,16-19,22-27H2,1-3H3,(H,43,47);4,9-10,12-13,15-17,20,22-23,26,29H,5-8,11,14,18-19,21H2,1-3H3,(H,36,39);7-8H,1-6H2/b2*15-4+;/t28-,29+,32-,36+,40-,41-;22-,23+,26-,29+,33-,34-;/m00./s1. The van der Waals surface area contributed by atoms with Gasteiger partial charge in [-0.05, 0) is 209 Å². The minimum Gasteiger partial charge on any atom is -0.490 e. The Bertz CT molecular complexity index is 4190. The summed E-state index contributed by atoms with van der Waals surface area (Å²) in [6, 6.07) is 24.2. The second-order valence-corrected chi connectivity index (χ2v) is 37.8. The van der Waals surface area contributed by atoms with E-state index < -0.39 is 53.6 Å². The Kier molecular flexibility index (Phi) is 23.8. The fraction of sp³-hybridized carbons (Fsp3) is 0.622. The number of ether oxygens (including phenoxy) is 6. The molecule has 4 aliphatic carbocycles. The van der Waals surface area contributed by atoms with Gasteiger partial charge in [0.2, 0.25) is 20.0 Å². The molecule has 582 valence electrons. The van der Waals surface area contributed by atoms with Crippen LogP contribution in [0, 0.1) is 35.5 Å². The lowest BCUT2D eigenvalue weighted by Gasteiger charge is -2.52. The van der Waals surface area contributed by atoms with Gasteiger partial charge in [-0.25, -0.2) is 26.3 Å². The number of allylic oxidation sites excluding steroid dienone is 2. The molecule has 4 aromatic rings. The molecule has 2 saturated carbocycles. The lowest BCUT2D eigenvalue weighted by atomic mass is 9.63. The van der Waals surface area contributed by atoms with Crippen LogP contribution in [0.3, 0.4) is 0 Å². The molecule has 0 unspecified atom stereocenters. The number of anilines is 2. The quantitative estimate of drug-likeness (QED) is 0.115. The maximum absolute atomic E-state index is 13.7. The van der Waals surface area contributed by atoms with Crippen molar-refractivity contribution in [3.8, 4) is 11.5 Å². The van der Waals surface area contributed by atoms with Crippen molar-refractivity contribution in [2.75, 3.05) is 149 Å². The molecule has 107 heavy (non-hydrogen) atoms. The molecule has 8 heterocycles. The van der Waals surface area contributed by atoms with E-state index in [1.807, 2.05) is 57.4 Å². The maximum Gasteiger partial charge on any atom is 0.264 e. The van der Waals surface area contributed by atoms with Gasteiger partial charge < -0.3 is 43.5 Å². The van der Waals surface area contributed by atoms with E-state index in [0.717, 1.165) is 178 Å². The van der Waals surface area contributed by atoms with Gasteiger partial charge in [-0.15, -0.1) is 0 Å². The van der Waals surface area contributed by atoms with Crippen LogP contribution in [-0.4, -0.2) is 222 Å². The van der Waals surface area contributed by atoms with E-state index in [2.05, 4.69) is 75.7 Å². The molecule has 2 amide bonds. The summed E-state index contributed by atoms with van der Waals surface area (Å²) in [6.45, 7) is 23.9. The molecular formula is C82H110Cl2N8O13S2. The lowest BCUT2D eigenvalue weighted by Crippen LogP contribution is -2.61. The number of benzene rings is 4. The number of hydrogen-bond acceptors (Lipinski definition) is 19. The van der Waals surface area contributed by atoms with Crippen LogP contribution in [-0.2, 0) is 67.5 Å². The highest BCUT2D eigenvalue weighted by Crippen LogP contribution is 2.52. The van der Waals surface area contributed by atoms with Gasteiger partial charge in [0.1, 0.15) is 22.7 Å². The van der Waals surface area contributed by atoms with Crippen molar-refractivity contribution in [3.05, 3.63) is 141 Å². The molecule has 0 aromatic heterocycles. The molecule has 16 rings (SSSR count). The van der Waals surface area contributed by atoms with E-state index in [-0.39, 0.29) is 46.0 Å². The Labute approximate surface area is 643 Å². The van der Waals surface area contributed by atoms with Gasteiger partial charge in [-0.1, -0.05) is 67.4 Å². The summed E-state index contributed by atoms with van der Waals surface area (Å²) in [4.78, 5) is 52.1. The van der Waals surface area contributed by atoms with Crippen LogP contribution in [0.15, 0.2) is 97.1 Å². The van der Waals surface area contributed by atoms with Gasteiger partial charge >= 0.3 is 0 Å². The Morgan fingerprint density at radius 1 is 0.579 bits per heavy atom. The van der Waals surface area contributed by atoms with E-state index >= 15 is 0 Å². The number of sulfonamides is 2. The van der Waals surface area contributed by atoms with Crippen LogP contribution in [0.5, 0.6) is 11.5 Å². The monoisotopic (exact) mass is 1550 g/mol. The fourth-order valence-electron chi connectivity index (χ4n) is 19.0. The molecule has 12 aliphatic rings. The number of amides is 2. The summed E-state index contributed by atoms with van der Waals surface area (Å²) >= 11 is 12.9. The predicted molar refractivity (Wildman–Crippen MR) is 418 cm³/mol. The largest absolute Gasteiger partial charge is 0.490 e. The number of halogens is 2. The first-order chi connectivity index (χ1) is 51.5. The number of aryl methyl sites for hydroxylation is 2. The lowest BCUT2D eigenvalue weighted by molar-refractivity contribution is -0.136. The number of carbonyl (C=O) groups excluding carboxylic acids is 3. The van der Waals surface area contributed by atoms with Crippen molar-refractivity contribution >= 4 is 72.7 Å². The van der Waals surface area contributed by atoms with E-state index in [9.17, 15) is 31.2 Å². The van der Waals surface area contributed by atoms with Crippen LogP contribution < -0.4 is 34.0 Å². The average Bonchev–Trinajstić information content (AvgIpc) is 1.70. The third kappa shape index (κ3) is 16.2. The van der Waals surface area contributed by atoms with E-state index in [4.69, 9.17) is 51.6 Å². The first-order valence-corrected chi connectivity index (χ1v) is 43.0. The van der Waals surface area contributed by atoms with Crippen LogP contribution in [0.2, 0.25) is 10.0 Å². The number of aldehydes is 1. The molecule has 4 aromatic carbocycles. The van der Waals surface area contributed by atoms with Crippen LogP contribution in [0.4, 0.5) is 11.4 Å². The number of piperazine rings is 2. The molecule has 3 N–H and O–H groups in total. The molecule has 25 heteroatoms. The zero-order chi connectivity index (χ0) is 75.0.